The standard InChI is InChI=1S/C14H9Cl2FO2/c1-7-4-10(11(14(18)19)6-13(7)17)9-3-2-8(15)5-12(9)16/h2-6H,1H3,(H,18,19). The summed E-state index contributed by atoms with van der Waals surface area (Å²) in [6.45, 7) is 1.56. The van der Waals surface area contributed by atoms with Crippen LogP contribution in [0.2, 0.25) is 10.0 Å². The summed E-state index contributed by atoms with van der Waals surface area (Å²) in [7, 11) is 0. The van der Waals surface area contributed by atoms with Crippen molar-refractivity contribution in [3.8, 4) is 11.1 Å². The van der Waals surface area contributed by atoms with Crippen LogP contribution in [-0.4, -0.2) is 11.1 Å². The van der Waals surface area contributed by atoms with Crippen LogP contribution in [0.25, 0.3) is 11.1 Å². The average Bonchev–Trinajstić information content (AvgIpc) is 2.32. The molecule has 2 rings (SSSR count). The third-order valence-electron chi connectivity index (χ3n) is 2.75. The Hall–Kier alpha value is -1.58. The molecule has 19 heavy (non-hydrogen) atoms. The summed E-state index contributed by atoms with van der Waals surface area (Å²) in [5.74, 6) is -1.77. The van der Waals surface area contributed by atoms with Gasteiger partial charge in [-0.25, -0.2) is 9.18 Å². The Morgan fingerprint density at radius 2 is 1.84 bits per heavy atom. The van der Waals surface area contributed by atoms with Crippen LogP contribution >= 0.6 is 23.2 Å². The number of benzene rings is 2. The highest BCUT2D eigenvalue weighted by Gasteiger charge is 2.17. The highest BCUT2D eigenvalue weighted by Crippen LogP contribution is 2.33. The lowest BCUT2D eigenvalue weighted by Gasteiger charge is -2.10. The lowest BCUT2D eigenvalue weighted by atomic mass is 9.97. The number of hydrogen-bond acceptors (Lipinski definition) is 1. The number of aryl methyl sites for hydroxylation is 1. The molecule has 0 saturated heterocycles. The van der Waals surface area contributed by atoms with E-state index >= 15 is 0 Å². The van der Waals surface area contributed by atoms with Crippen molar-refractivity contribution in [2.45, 2.75) is 6.92 Å². The second kappa shape index (κ2) is 5.19. The molecule has 0 atom stereocenters. The minimum absolute atomic E-state index is 0.132. The van der Waals surface area contributed by atoms with E-state index in [4.69, 9.17) is 28.3 Å². The largest absolute Gasteiger partial charge is 0.478 e. The molecule has 0 bridgehead atoms. The Balaban J connectivity index is 2.73. The van der Waals surface area contributed by atoms with E-state index in [9.17, 15) is 9.18 Å². The van der Waals surface area contributed by atoms with Crippen molar-refractivity contribution in [3.63, 3.8) is 0 Å². The van der Waals surface area contributed by atoms with Crippen LogP contribution in [0.3, 0.4) is 0 Å². The Morgan fingerprint density at radius 3 is 2.42 bits per heavy atom. The fourth-order valence-corrected chi connectivity index (χ4v) is 2.30. The van der Waals surface area contributed by atoms with Crippen molar-refractivity contribution in [1.82, 2.24) is 0 Å². The van der Waals surface area contributed by atoms with Crippen LogP contribution in [0, 0.1) is 12.7 Å². The Morgan fingerprint density at radius 1 is 1.16 bits per heavy atom. The molecule has 0 radical (unpaired) electrons. The van der Waals surface area contributed by atoms with Gasteiger partial charge in [0.25, 0.3) is 0 Å². The van der Waals surface area contributed by atoms with Gasteiger partial charge in [-0.3, -0.25) is 0 Å². The van der Waals surface area contributed by atoms with Crippen molar-refractivity contribution in [2.24, 2.45) is 0 Å². The van der Waals surface area contributed by atoms with Crippen molar-refractivity contribution < 1.29 is 14.3 Å². The van der Waals surface area contributed by atoms with Crippen LogP contribution < -0.4 is 0 Å². The van der Waals surface area contributed by atoms with Gasteiger partial charge < -0.3 is 5.11 Å². The third-order valence-corrected chi connectivity index (χ3v) is 3.30. The Labute approximate surface area is 119 Å². The van der Waals surface area contributed by atoms with Gasteiger partial charge in [-0.2, -0.15) is 0 Å². The molecule has 0 aliphatic heterocycles. The van der Waals surface area contributed by atoms with Gasteiger partial charge in [-0.15, -0.1) is 0 Å². The summed E-state index contributed by atoms with van der Waals surface area (Å²) in [6, 6.07) is 7.20. The number of aromatic carboxylic acids is 1. The van der Waals surface area contributed by atoms with Crippen LogP contribution in [0.1, 0.15) is 15.9 Å². The van der Waals surface area contributed by atoms with Gasteiger partial charge in [0.2, 0.25) is 0 Å². The summed E-state index contributed by atoms with van der Waals surface area (Å²) < 4.78 is 13.5. The lowest BCUT2D eigenvalue weighted by molar-refractivity contribution is 0.0697. The zero-order valence-corrected chi connectivity index (χ0v) is 11.4. The zero-order chi connectivity index (χ0) is 14.2. The van der Waals surface area contributed by atoms with Gasteiger partial charge in [-0.1, -0.05) is 29.3 Å². The number of carboxylic acids is 1. The number of hydrogen-bond donors (Lipinski definition) is 1. The van der Waals surface area contributed by atoms with E-state index in [0.717, 1.165) is 6.07 Å². The van der Waals surface area contributed by atoms with E-state index in [1.807, 2.05) is 0 Å². The molecule has 0 aliphatic carbocycles. The first-order valence-corrected chi connectivity index (χ1v) is 6.14. The van der Waals surface area contributed by atoms with Crippen molar-refractivity contribution in [2.75, 3.05) is 0 Å². The predicted molar refractivity (Wildman–Crippen MR) is 73.6 cm³/mol. The maximum Gasteiger partial charge on any atom is 0.336 e. The SMILES string of the molecule is Cc1cc(-c2ccc(Cl)cc2Cl)c(C(=O)O)cc1F. The topological polar surface area (TPSA) is 37.3 Å². The first-order valence-electron chi connectivity index (χ1n) is 5.39. The number of carbonyl (C=O) groups is 1. The smallest absolute Gasteiger partial charge is 0.336 e. The van der Waals surface area contributed by atoms with Gasteiger partial charge >= 0.3 is 5.97 Å². The maximum absolute atomic E-state index is 13.5. The molecular weight excluding hydrogens is 290 g/mol. The zero-order valence-electron chi connectivity index (χ0n) is 9.88. The highest BCUT2D eigenvalue weighted by atomic mass is 35.5. The summed E-state index contributed by atoms with van der Waals surface area (Å²) in [6.07, 6.45) is 0. The second-order valence-corrected chi connectivity index (χ2v) is 4.92. The van der Waals surface area contributed by atoms with Crippen LogP contribution in [0.4, 0.5) is 4.39 Å². The molecular formula is C14H9Cl2FO2. The number of halogens is 3. The molecule has 2 aromatic carbocycles. The van der Waals surface area contributed by atoms with Gasteiger partial charge in [0.05, 0.1) is 5.56 Å². The normalized spacial score (nSPS) is 10.5. The second-order valence-electron chi connectivity index (χ2n) is 4.08. The first-order chi connectivity index (χ1) is 8.90. The molecule has 0 amide bonds. The number of rotatable bonds is 2. The Kier molecular flexibility index (Phi) is 3.78. The molecule has 98 valence electrons. The van der Waals surface area contributed by atoms with Gasteiger partial charge in [-0.05, 0) is 42.3 Å². The van der Waals surface area contributed by atoms with Crippen LogP contribution in [0.5, 0.6) is 0 Å². The van der Waals surface area contributed by atoms with Crippen LogP contribution in [-0.2, 0) is 0 Å². The third kappa shape index (κ3) is 2.72. The molecule has 0 aromatic heterocycles. The van der Waals surface area contributed by atoms with E-state index in [1.54, 1.807) is 19.1 Å². The van der Waals surface area contributed by atoms with Crippen molar-refractivity contribution in [3.05, 3.63) is 57.3 Å². The highest BCUT2D eigenvalue weighted by molar-refractivity contribution is 6.36. The minimum atomic E-state index is -1.21. The van der Waals surface area contributed by atoms with Crippen molar-refractivity contribution >= 4 is 29.2 Å². The summed E-state index contributed by atoms with van der Waals surface area (Å²) in [5, 5.41) is 9.92. The van der Waals surface area contributed by atoms with Crippen LogP contribution in [0.15, 0.2) is 30.3 Å². The predicted octanol–water partition coefficient (Wildman–Crippen LogP) is 4.81. The van der Waals surface area contributed by atoms with E-state index in [2.05, 4.69) is 0 Å². The summed E-state index contributed by atoms with van der Waals surface area (Å²) in [4.78, 5) is 11.2. The summed E-state index contributed by atoms with van der Waals surface area (Å²) >= 11 is 11.9. The molecule has 1 N–H and O–H groups in total. The maximum atomic E-state index is 13.5. The van der Waals surface area contributed by atoms with Gasteiger partial charge in [0.1, 0.15) is 5.82 Å². The fraction of sp³-hybridized carbons (Fsp3) is 0.0714. The molecule has 2 aromatic rings. The van der Waals surface area contributed by atoms with Crippen molar-refractivity contribution in [1.29, 1.82) is 0 Å². The van der Waals surface area contributed by atoms with Gasteiger partial charge in [0.15, 0.2) is 0 Å². The quantitative estimate of drug-likeness (QED) is 0.864. The molecule has 0 aliphatic rings. The minimum Gasteiger partial charge on any atom is -0.478 e. The van der Waals surface area contributed by atoms with Gasteiger partial charge in [0, 0.05) is 15.6 Å². The monoisotopic (exact) mass is 298 g/mol. The average molecular weight is 299 g/mol. The molecule has 5 heteroatoms. The fourth-order valence-electron chi connectivity index (χ4n) is 1.79. The lowest BCUT2D eigenvalue weighted by Crippen LogP contribution is -2.02. The molecule has 0 spiro atoms. The Bertz CT molecular complexity index is 669. The van der Waals surface area contributed by atoms with E-state index < -0.39 is 11.8 Å². The van der Waals surface area contributed by atoms with E-state index in [1.165, 1.54) is 12.1 Å². The molecule has 0 unspecified atom stereocenters. The molecule has 0 saturated carbocycles. The van der Waals surface area contributed by atoms with E-state index in [0.29, 0.717) is 26.7 Å². The molecule has 0 heterocycles. The molecule has 2 nitrogen and oxygen atoms in total. The molecule has 0 fully saturated rings. The summed E-state index contributed by atoms with van der Waals surface area (Å²) in [5.41, 5.74) is 1.10. The first kappa shape index (κ1) is 13.8. The number of carboxylic acid groups (broad SMARTS) is 1. The van der Waals surface area contributed by atoms with E-state index in [-0.39, 0.29) is 5.56 Å².